The lowest BCUT2D eigenvalue weighted by Crippen LogP contribution is -2.40. The first-order chi connectivity index (χ1) is 11.4. The summed E-state index contributed by atoms with van der Waals surface area (Å²) in [7, 11) is 1.58. The van der Waals surface area contributed by atoms with E-state index < -0.39 is 11.4 Å². The summed E-state index contributed by atoms with van der Waals surface area (Å²) in [6.45, 7) is 5.21. The highest BCUT2D eigenvalue weighted by Crippen LogP contribution is 2.38. The van der Waals surface area contributed by atoms with Gasteiger partial charge in [-0.15, -0.1) is 0 Å². The third kappa shape index (κ3) is 3.67. The Bertz CT molecular complexity index is 604. The first-order valence-electron chi connectivity index (χ1n) is 8.01. The summed E-state index contributed by atoms with van der Waals surface area (Å²) in [6.07, 6.45) is 1.98. The number of carboxylic acids is 1. The average Bonchev–Trinajstić information content (AvgIpc) is 3.01. The number of hydrogen-bond donors (Lipinski definition) is 1. The van der Waals surface area contributed by atoms with Crippen molar-refractivity contribution >= 4 is 11.9 Å². The zero-order chi connectivity index (χ0) is 17.7. The van der Waals surface area contributed by atoms with Crippen LogP contribution in [0.15, 0.2) is 18.3 Å². The second-order valence-electron chi connectivity index (χ2n) is 6.32. The molecule has 0 aliphatic carbocycles. The van der Waals surface area contributed by atoms with Crippen LogP contribution in [0.1, 0.15) is 30.6 Å². The van der Waals surface area contributed by atoms with Gasteiger partial charge in [0, 0.05) is 38.0 Å². The van der Waals surface area contributed by atoms with Gasteiger partial charge in [-0.3, -0.25) is 9.59 Å². The minimum atomic E-state index is -0.875. The van der Waals surface area contributed by atoms with Crippen molar-refractivity contribution in [1.82, 2.24) is 9.88 Å². The largest absolute Gasteiger partial charge is 0.481 e. The molecule has 0 saturated carbocycles. The van der Waals surface area contributed by atoms with E-state index >= 15 is 0 Å². The Kier molecular flexibility index (Phi) is 5.77. The Morgan fingerprint density at radius 3 is 2.75 bits per heavy atom. The van der Waals surface area contributed by atoms with Crippen molar-refractivity contribution in [2.24, 2.45) is 11.3 Å². The molecule has 1 unspecified atom stereocenters. The van der Waals surface area contributed by atoms with Gasteiger partial charge in [0.05, 0.1) is 12.0 Å². The van der Waals surface area contributed by atoms with Crippen molar-refractivity contribution in [3.63, 3.8) is 0 Å². The van der Waals surface area contributed by atoms with E-state index in [9.17, 15) is 14.7 Å². The van der Waals surface area contributed by atoms with E-state index in [1.165, 1.54) is 6.20 Å². The fraction of sp³-hybridized carbons (Fsp3) is 0.588. The molecule has 7 heteroatoms. The zero-order valence-electron chi connectivity index (χ0n) is 14.3. The maximum atomic E-state index is 12.7. The number of likely N-dealkylation sites (tertiary alicyclic amines) is 1. The number of pyridine rings is 1. The second-order valence-corrected chi connectivity index (χ2v) is 6.32. The maximum Gasteiger partial charge on any atom is 0.311 e. The van der Waals surface area contributed by atoms with Crippen molar-refractivity contribution < 1.29 is 24.2 Å². The predicted molar refractivity (Wildman–Crippen MR) is 87.0 cm³/mol. The van der Waals surface area contributed by atoms with Gasteiger partial charge in [0.25, 0.3) is 5.91 Å². The molecule has 132 valence electrons. The summed E-state index contributed by atoms with van der Waals surface area (Å²) in [5.74, 6) is -0.729. The topological polar surface area (TPSA) is 89.0 Å². The van der Waals surface area contributed by atoms with Crippen LogP contribution < -0.4 is 4.74 Å². The second kappa shape index (κ2) is 7.61. The first-order valence-corrected chi connectivity index (χ1v) is 8.01. The average molecular weight is 336 g/mol. The number of carboxylic acid groups (broad SMARTS) is 1. The molecule has 1 saturated heterocycles. The number of rotatable bonds is 7. The number of hydrogen-bond acceptors (Lipinski definition) is 5. The summed E-state index contributed by atoms with van der Waals surface area (Å²) in [5, 5.41) is 9.59. The van der Waals surface area contributed by atoms with Gasteiger partial charge in [-0.2, -0.15) is 0 Å². The van der Waals surface area contributed by atoms with Gasteiger partial charge in [-0.1, -0.05) is 13.8 Å². The van der Waals surface area contributed by atoms with Crippen molar-refractivity contribution in [3.05, 3.63) is 23.9 Å². The van der Waals surface area contributed by atoms with Crippen LogP contribution in [0.4, 0.5) is 0 Å². The van der Waals surface area contributed by atoms with Gasteiger partial charge in [-0.25, -0.2) is 4.98 Å². The molecule has 2 heterocycles. The highest BCUT2D eigenvalue weighted by molar-refractivity contribution is 5.95. The van der Waals surface area contributed by atoms with Crippen LogP contribution in [0.5, 0.6) is 5.88 Å². The minimum Gasteiger partial charge on any atom is -0.481 e. The van der Waals surface area contributed by atoms with Crippen molar-refractivity contribution in [3.8, 4) is 5.88 Å². The highest BCUT2D eigenvalue weighted by atomic mass is 16.5. The van der Waals surface area contributed by atoms with Gasteiger partial charge in [0.2, 0.25) is 5.88 Å². The molecule has 7 nitrogen and oxygen atoms in total. The van der Waals surface area contributed by atoms with Crippen LogP contribution >= 0.6 is 0 Å². The molecule has 1 aromatic heterocycles. The van der Waals surface area contributed by atoms with E-state index in [4.69, 9.17) is 9.47 Å². The van der Waals surface area contributed by atoms with Gasteiger partial charge < -0.3 is 19.5 Å². The van der Waals surface area contributed by atoms with E-state index in [1.807, 2.05) is 13.8 Å². The number of carbonyl (C=O) groups excluding carboxylic acids is 1. The molecule has 1 aromatic rings. The Labute approximate surface area is 141 Å². The minimum absolute atomic E-state index is 0.0434. The molecule has 1 aliphatic heterocycles. The molecule has 2 rings (SSSR count). The number of amides is 1. The molecule has 1 N–H and O–H groups in total. The Hall–Kier alpha value is -2.15. The molecule has 1 fully saturated rings. The molecule has 24 heavy (non-hydrogen) atoms. The molecular weight excluding hydrogens is 312 g/mol. The standard InChI is InChI=1S/C17H24N2O5/c1-12(2)17(16(21)22)5-7-19(11-17)15(20)13-4-6-18-14(10-13)24-9-8-23-3/h4,6,10,12H,5,7-9,11H2,1-3H3,(H,21,22). The number of nitrogens with zero attached hydrogens (tertiary/aromatic N) is 2. The maximum absolute atomic E-state index is 12.7. The van der Waals surface area contributed by atoms with E-state index in [0.717, 1.165) is 0 Å². The molecule has 0 aromatic carbocycles. The van der Waals surface area contributed by atoms with Crippen LogP contribution in [0.3, 0.4) is 0 Å². The normalized spacial score (nSPS) is 20.4. The molecular formula is C17H24N2O5. The molecule has 0 spiro atoms. The molecule has 1 aliphatic rings. The van der Waals surface area contributed by atoms with Crippen molar-refractivity contribution in [2.45, 2.75) is 20.3 Å². The lowest BCUT2D eigenvalue weighted by atomic mass is 9.76. The van der Waals surface area contributed by atoms with E-state index in [-0.39, 0.29) is 18.4 Å². The van der Waals surface area contributed by atoms with Crippen LogP contribution in [-0.2, 0) is 9.53 Å². The number of methoxy groups -OCH3 is 1. The third-order valence-corrected chi connectivity index (χ3v) is 4.64. The zero-order valence-corrected chi connectivity index (χ0v) is 14.3. The van der Waals surface area contributed by atoms with E-state index in [1.54, 1.807) is 24.1 Å². The fourth-order valence-electron chi connectivity index (χ4n) is 2.93. The summed E-state index contributed by atoms with van der Waals surface area (Å²) in [4.78, 5) is 30.0. The smallest absolute Gasteiger partial charge is 0.311 e. The SMILES string of the molecule is COCCOc1cc(C(=O)N2CCC(C(=O)O)(C(C)C)C2)ccn1. The summed E-state index contributed by atoms with van der Waals surface area (Å²) < 4.78 is 10.3. The van der Waals surface area contributed by atoms with Crippen LogP contribution in [0.2, 0.25) is 0 Å². The predicted octanol–water partition coefficient (Wildman–Crippen LogP) is 1.68. The van der Waals surface area contributed by atoms with Crippen molar-refractivity contribution in [2.75, 3.05) is 33.4 Å². The Morgan fingerprint density at radius 1 is 1.42 bits per heavy atom. The monoisotopic (exact) mass is 336 g/mol. The molecule has 1 atom stereocenters. The van der Waals surface area contributed by atoms with Crippen LogP contribution in [0.25, 0.3) is 0 Å². The lowest BCUT2D eigenvalue weighted by Gasteiger charge is -2.28. The summed E-state index contributed by atoms with van der Waals surface area (Å²) in [5.41, 5.74) is -0.428. The van der Waals surface area contributed by atoms with E-state index in [2.05, 4.69) is 4.98 Å². The van der Waals surface area contributed by atoms with Crippen LogP contribution in [-0.4, -0.2) is 60.3 Å². The highest BCUT2D eigenvalue weighted by Gasteiger charge is 2.48. The van der Waals surface area contributed by atoms with Crippen LogP contribution in [0, 0.1) is 11.3 Å². The Morgan fingerprint density at radius 2 is 2.17 bits per heavy atom. The third-order valence-electron chi connectivity index (χ3n) is 4.64. The van der Waals surface area contributed by atoms with Gasteiger partial charge in [0.15, 0.2) is 0 Å². The number of aromatic nitrogens is 1. The summed E-state index contributed by atoms with van der Waals surface area (Å²) in [6, 6.07) is 3.19. The number of aliphatic carboxylic acids is 1. The van der Waals surface area contributed by atoms with E-state index in [0.29, 0.717) is 37.6 Å². The fourth-order valence-corrected chi connectivity index (χ4v) is 2.93. The van der Waals surface area contributed by atoms with Gasteiger partial charge in [-0.05, 0) is 18.4 Å². The first kappa shape index (κ1) is 18.2. The molecule has 0 radical (unpaired) electrons. The lowest BCUT2D eigenvalue weighted by molar-refractivity contribution is -0.150. The molecule has 0 bridgehead atoms. The quantitative estimate of drug-likeness (QED) is 0.762. The van der Waals surface area contributed by atoms with Gasteiger partial charge in [0.1, 0.15) is 6.61 Å². The summed E-state index contributed by atoms with van der Waals surface area (Å²) >= 11 is 0. The number of carbonyl (C=O) groups is 2. The molecule has 1 amide bonds. The van der Waals surface area contributed by atoms with Crippen molar-refractivity contribution in [1.29, 1.82) is 0 Å². The number of ether oxygens (including phenoxy) is 2. The van der Waals surface area contributed by atoms with Gasteiger partial charge >= 0.3 is 5.97 Å². The Balaban J connectivity index is 2.10.